The summed E-state index contributed by atoms with van der Waals surface area (Å²) in [6.07, 6.45) is 5.64. The fraction of sp³-hybridized carbons (Fsp3) is 0.292. The first-order chi connectivity index (χ1) is 14.7. The highest BCUT2D eigenvalue weighted by molar-refractivity contribution is 5.89. The maximum absolute atomic E-state index is 12.4. The summed E-state index contributed by atoms with van der Waals surface area (Å²) >= 11 is 0. The van der Waals surface area contributed by atoms with Crippen LogP contribution in [0.1, 0.15) is 24.3 Å². The van der Waals surface area contributed by atoms with Crippen LogP contribution in [0.3, 0.4) is 0 Å². The molecule has 1 aliphatic rings. The van der Waals surface area contributed by atoms with Crippen LogP contribution in [-0.2, 0) is 20.7 Å². The fourth-order valence-electron chi connectivity index (χ4n) is 3.71. The SMILES string of the molecule is O=C(/C=C/c1nc2ccccc2o1)OCC(=O)N1CCC(Cc2ccccc2)CC1. The van der Waals surface area contributed by atoms with Crippen LogP contribution in [-0.4, -0.2) is 41.5 Å². The lowest BCUT2D eigenvalue weighted by Gasteiger charge is -2.32. The second kappa shape index (κ2) is 9.39. The standard InChI is InChI=1S/C24H24N2O4/c27-23(26-14-12-19(13-15-26)16-18-6-2-1-3-7-18)17-29-24(28)11-10-22-25-20-8-4-5-9-21(20)30-22/h1-11,19H,12-17H2/b11-10+. The number of esters is 1. The molecule has 1 fully saturated rings. The van der Waals surface area contributed by atoms with Crippen molar-refractivity contribution in [1.29, 1.82) is 0 Å². The number of ether oxygens (including phenoxy) is 1. The molecule has 0 aliphatic carbocycles. The van der Waals surface area contributed by atoms with Gasteiger partial charge in [-0.2, -0.15) is 0 Å². The van der Waals surface area contributed by atoms with E-state index in [2.05, 4.69) is 29.2 Å². The Bertz CT molecular complexity index is 1000. The van der Waals surface area contributed by atoms with Crippen molar-refractivity contribution in [2.75, 3.05) is 19.7 Å². The largest absolute Gasteiger partial charge is 0.452 e. The minimum absolute atomic E-state index is 0.156. The van der Waals surface area contributed by atoms with Gasteiger partial charge in [0.15, 0.2) is 12.2 Å². The Labute approximate surface area is 175 Å². The number of carbonyl (C=O) groups excluding carboxylic acids is 2. The molecule has 0 bridgehead atoms. The van der Waals surface area contributed by atoms with Crippen LogP contribution >= 0.6 is 0 Å². The van der Waals surface area contributed by atoms with Gasteiger partial charge in [-0.05, 0) is 42.9 Å². The van der Waals surface area contributed by atoms with Crippen molar-refractivity contribution in [1.82, 2.24) is 9.88 Å². The Hall–Kier alpha value is -3.41. The predicted molar refractivity (Wildman–Crippen MR) is 113 cm³/mol. The summed E-state index contributed by atoms with van der Waals surface area (Å²) < 4.78 is 10.6. The lowest BCUT2D eigenvalue weighted by atomic mass is 9.90. The van der Waals surface area contributed by atoms with E-state index in [0.29, 0.717) is 30.5 Å². The Morgan fingerprint density at radius 1 is 1.07 bits per heavy atom. The molecule has 2 heterocycles. The molecular formula is C24H24N2O4. The monoisotopic (exact) mass is 404 g/mol. The molecule has 1 saturated heterocycles. The van der Waals surface area contributed by atoms with Crippen molar-refractivity contribution >= 4 is 29.1 Å². The summed E-state index contributed by atoms with van der Waals surface area (Å²) in [6, 6.07) is 17.8. The van der Waals surface area contributed by atoms with Crippen LogP contribution in [0.2, 0.25) is 0 Å². The lowest BCUT2D eigenvalue weighted by Crippen LogP contribution is -2.41. The highest BCUT2D eigenvalue weighted by Gasteiger charge is 2.23. The number of nitrogens with zero attached hydrogens (tertiary/aromatic N) is 2. The van der Waals surface area contributed by atoms with Crippen molar-refractivity contribution in [2.24, 2.45) is 5.92 Å². The second-order valence-corrected chi connectivity index (χ2v) is 7.47. The molecule has 2 aromatic carbocycles. The Balaban J connectivity index is 1.20. The van der Waals surface area contributed by atoms with Crippen LogP contribution in [0.15, 0.2) is 65.1 Å². The molecule has 6 heteroatoms. The molecule has 1 aromatic heterocycles. The first-order valence-electron chi connectivity index (χ1n) is 10.2. The van der Waals surface area contributed by atoms with Gasteiger partial charge < -0.3 is 14.1 Å². The predicted octanol–water partition coefficient (Wildman–Crippen LogP) is 3.87. The summed E-state index contributed by atoms with van der Waals surface area (Å²) in [7, 11) is 0. The van der Waals surface area contributed by atoms with E-state index in [1.54, 1.807) is 11.0 Å². The quantitative estimate of drug-likeness (QED) is 0.461. The summed E-state index contributed by atoms with van der Waals surface area (Å²) in [5, 5.41) is 0. The molecule has 0 saturated carbocycles. The molecule has 1 aliphatic heterocycles. The number of oxazole rings is 1. The summed E-state index contributed by atoms with van der Waals surface area (Å²) in [5.74, 6) is 0.152. The maximum Gasteiger partial charge on any atom is 0.331 e. The van der Waals surface area contributed by atoms with Crippen LogP contribution in [0.4, 0.5) is 0 Å². The third-order valence-corrected chi connectivity index (χ3v) is 5.34. The van der Waals surface area contributed by atoms with E-state index in [4.69, 9.17) is 9.15 Å². The van der Waals surface area contributed by atoms with E-state index in [1.807, 2.05) is 24.3 Å². The third-order valence-electron chi connectivity index (χ3n) is 5.34. The van der Waals surface area contributed by atoms with Crippen LogP contribution in [0, 0.1) is 5.92 Å². The fourth-order valence-corrected chi connectivity index (χ4v) is 3.71. The molecular weight excluding hydrogens is 380 g/mol. The van der Waals surface area contributed by atoms with E-state index >= 15 is 0 Å². The van der Waals surface area contributed by atoms with Crippen LogP contribution < -0.4 is 0 Å². The van der Waals surface area contributed by atoms with Crippen molar-refractivity contribution in [3.8, 4) is 0 Å². The van der Waals surface area contributed by atoms with Gasteiger partial charge in [0, 0.05) is 25.2 Å². The average Bonchev–Trinajstić information content (AvgIpc) is 3.20. The molecule has 3 aromatic rings. The number of rotatable bonds is 6. The Kier molecular flexibility index (Phi) is 6.23. The zero-order valence-electron chi connectivity index (χ0n) is 16.7. The van der Waals surface area contributed by atoms with Gasteiger partial charge in [0.1, 0.15) is 5.52 Å². The van der Waals surface area contributed by atoms with Gasteiger partial charge >= 0.3 is 5.97 Å². The Morgan fingerprint density at radius 2 is 1.80 bits per heavy atom. The normalized spacial score (nSPS) is 15.0. The van der Waals surface area contributed by atoms with Gasteiger partial charge in [0.25, 0.3) is 5.91 Å². The van der Waals surface area contributed by atoms with E-state index in [1.165, 1.54) is 17.7 Å². The van der Waals surface area contributed by atoms with Gasteiger partial charge in [-0.3, -0.25) is 4.79 Å². The summed E-state index contributed by atoms with van der Waals surface area (Å²) in [5.41, 5.74) is 2.70. The molecule has 6 nitrogen and oxygen atoms in total. The molecule has 1 amide bonds. The van der Waals surface area contributed by atoms with Gasteiger partial charge in [-0.25, -0.2) is 9.78 Å². The van der Waals surface area contributed by atoms with Crippen LogP contribution in [0.25, 0.3) is 17.2 Å². The van der Waals surface area contributed by atoms with Crippen molar-refractivity contribution in [3.63, 3.8) is 0 Å². The van der Waals surface area contributed by atoms with Gasteiger partial charge in [0.2, 0.25) is 5.89 Å². The van der Waals surface area contributed by atoms with Gasteiger partial charge in [-0.1, -0.05) is 42.5 Å². The molecule has 0 atom stereocenters. The number of fused-ring (bicyclic) bond motifs is 1. The number of piperidine rings is 1. The zero-order valence-corrected chi connectivity index (χ0v) is 16.7. The summed E-state index contributed by atoms with van der Waals surface area (Å²) in [4.78, 5) is 30.3. The maximum atomic E-state index is 12.4. The van der Waals surface area contributed by atoms with Crippen molar-refractivity contribution < 1.29 is 18.7 Å². The second-order valence-electron chi connectivity index (χ2n) is 7.47. The number of para-hydroxylation sites is 2. The topological polar surface area (TPSA) is 72.6 Å². The number of carbonyl (C=O) groups is 2. The number of likely N-dealkylation sites (tertiary alicyclic amines) is 1. The number of aromatic nitrogens is 1. The van der Waals surface area contributed by atoms with Crippen LogP contribution in [0.5, 0.6) is 0 Å². The number of benzene rings is 2. The molecule has 0 unspecified atom stereocenters. The average molecular weight is 404 g/mol. The van der Waals surface area contributed by atoms with E-state index in [0.717, 1.165) is 24.8 Å². The molecule has 154 valence electrons. The lowest BCUT2D eigenvalue weighted by molar-refractivity contribution is -0.148. The first-order valence-corrected chi connectivity index (χ1v) is 10.2. The molecule has 0 spiro atoms. The molecule has 0 N–H and O–H groups in total. The smallest absolute Gasteiger partial charge is 0.331 e. The van der Waals surface area contributed by atoms with E-state index < -0.39 is 5.97 Å². The van der Waals surface area contributed by atoms with E-state index in [-0.39, 0.29) is 12.5 Å². The van der Waals surface area contributed by atoms with Crippen molar-refractivity contribution in [3.05, 3.63) is 72.1 Å². The van der Waals surface area contributed by atoms with Gasteiger partial charge in [-0.15, -0.1) is 0 Å². The summed E-state index contributed by atoms with van der Waals surface area (Å²) in [6.45, 7) is 1.15. The minimum Gasteiger partial charge on any atom is -0.452 e. The number of hydrogen-bond acceptors (Lipinski definition) is 5. The Morgan fingerprint density at radius 3 is 2.57 bits per heavy atom. The highest BCUT2D eigenvalue weighted by atomic mass is 16.5. The molecule has 4 rings (SSSR count). The first kappa shape index (κ1) is 19.9. The molecule has 30 heavy (non-hydrogen) atoms. The minimum atomic E-state index is -0.593. The molecule has 0 radical (unpaired) electrons. The van der Waals surface area contributed by atoms with Gasteiger partial charge in [0.05, 0.1) is 0 Å². The number of hydrogen-bond donors (Lipinski definition) is 0. The highest BCUT2D eigenvalue weighted by Crippen LogP contribution is 2.21. The van der Waals surface area contributed by atoms with E-state index in [9.17, 15) is 9.59 Å². The third kappa shape index (κ3) is 5.14. The zero-order chi connectivity index (χ0) is 20.8. The number of amides is 1. The van der Waals surface area contributed by atoms with Crippen molar-refractivity contribution in [2.45, 2.75) is 19.3 Å².